The molecule has 9 aromatic rings. The molecule has 0 aliphatic carbocycles. The third-order valence-corrected chi connectivity index (χ3v) is 14.3. The molecule has 9 rings (SSSR count). The van der Waals surface area contributed by atoms with E-state index in [2.05, 4.69) is 134 Å². The van der Waals surface area contributed by atoms with Crippen molar-refractivity contribution in [2.75, 3.05) is 86.8 Å². The van der Waals surface area contributed by atoms with E-state index in [1.807, 2.05) is 98.7 Å². The Labute approximate surface area is 579 Å². The molecule has 0 fully saturated rings. The Morgan fingerprint density at radius 2 is 0.811 bits per heavy atom. The average Bonchev–Trinajstić information content (AvgIpc) is 0.970. The lowest BCUT2D eigenvalue weighted by Crippen LogP contribution is -2.26. The first-order chi connectivity index (χ1) is 45.3. The van der Waals surface area contributed by atoms with Crippen LogP contribution in [0.1, 0.15) is 41.5 Å². The van der Waals surface area contributed by atoms with Gasteiger partial charge in [0, 0.05) is 84.0 Å². The number of halogens is 4. The van der Waals surface area contributed by atoms with Gasteiger partial charge >= 0.3 is 0 Å². The maximum absolute atomic E-state index is 11.3. The number of nitrogens with two attached hydrogens (primary N) is 1. The third-order valence-electron chi connectivity index (χ3n) is 12.5. The van der Waals surface area contributed by atoms with Crippen LogP contribution in [0.25, 0.3) is 0 Å². The van der Waals surface area contributed by atoms with Gasteiger partial charge in [0.15, 0.2) is 0 Å². The van der Waals surface area contributed by atoms with Gasteiger partial charge in [-0.05, 0) is 202 Å². The molecule has 95 heavy (non-hydrogen) atoms. The first-order valence-electron chi connectivity index (χ1n) is 29.3. The molecule has 6 heterocycles. The summed E-state index contributed by atoms with van der Waals surface area (Å²) in [6.45, 7) is 13.1. The van der Waals surface area contributed by atoms with Crippen molar-refractivity contribution >= 4 is 123 Å². The number of ether oxygens (including phenoxy) is 5. The van der Waals surface area contributed by atoms with Crippen LogP contribution in [0.2, 0.25) is 5.28 Å². The Morgan fingerprint density at radius 1 is 0.474 bits per heavy atom. The maximum Gasteiger partial charge on any atom is 0.252 e. The standard InChI is InChI=1S/C22H28BrN7O3.C18H19BrN6O3.C14H17BrN4O2.C8H12ClN3O/c1-14(31)15(2)33-20-18(23)13-25-22(29-20)27-17-7-5-16(6-8-17)26-21-24-10-9-19(28-21)32-12-11-30(3)4;1-10(26)11(2)28-16-14(19)9-21-18(25-16)23-13-5-3-12(4-6-13)22-17-20-8-7-15(27)24-17;1-8(20)9(2)21-13-12(15)7-17-14(19-13)18-11-5-3-10(16)4-6-11;1-12(2)5-6-13-7-3-4-10-8(9)11-7/h5-10,13-15,31H,11-12H2,1-4H3,(H,24,26,28)(H,25,27,29);3-11,26H,1-2H3,(H,21,23,25)(H2,20,22,24,27);3-9,20H,16H2,1-2H3,(H,17,18,19);3-4H,5-6H2,1-2H3/t14-,15-;10-,11-;8-,9-;/m111./s1. The number of benzene rings is 3. The third kappa shape index (κ3) is 27.6. The molecule has 6 aromatic heterocycles. The lowest BCUT2D eigenvalue weighted by Gasteiger charge is -2.17. The van der Waals surface area contributed by atoms with Gasteiger partial charge in [0.2, 0.25) is 64.4 Å². The summed E-state index contributed by atoms with van der Waals surface area (Å²) in [6, 6.07) is 26.8. The molecule has 6 atom stereocenters. The van der Waals surface area contributed by atoms with Gasteiger partial charge in [-0.25, -0.2) is 29.9 Å². The Morgan fingerprint density at radius 3 is 1.17 bits per heavy atom. The first-order valence-corrected chi connectivity index (χ1v) is 32.0. The molecule has 29 nitrogen and oxygen atoms in total. The molecule has 0 spiro atoms. The fraction of sp³-hybridized carbons (Fsp3) is 0.323. The predicted octanol–water partition coefficient (Wildman–Crippen LogP) is 10.3. The van der Waals surface area contributed by atoms with Crippen LogP contribution in [0, 0.1) is 0 Å². The van der Waals surface area contributed by atoms with Gasteiger partial charge in [-0.1, -0.05) is 0 Å². The van der Waals surface area contributed by atoms with Gasteiger partial charge in [-0.2, -0.15) is 24.9 Å². The summed E-state index contributed by atoms with van der Waals surface area (Å²) in [6.07, 6.45) is 6.37. The number of aromatic nitrogens is 12. The van der Waals surface area contributed by atoms with Crippen LogP contribution in [0.4, 0.5) is 63.9 Å². The minimum atomic E-state index is -0.632. The van der Waals surface area contributed by atoms with Gasteiger partial charge in [0.1, 0.15) is 31.5 Å². The van der Waals surface area contributed by atoms with E-state index < -0.39 is 30.5 Å². The molecule has 11 N–H and O–H groups in total. The molecule has 0 amide bonds. The molecule has 0 saturated carbocycles. The number of likely N-dealkylation sites (N-methyl/N-ethyl adjacent to an activating group) is 2. The fourth-order valence-electron chi connectivity index (χ4n) is 6.78. The fourth-order valence-corrected chi connectivity index (χ4v) is 7.78. The predicted molar refractivity (Wildman–Crippen MR) is 377 cm³/mol. The highest BCUT2D eigenvalue weighted by molar-refractivity contribution is 9.11. The number of nitrogen functional groups attached to an aromatic ring is 1. The molecule has 0 unspecified atom stereocenters. The number of nitrogens with zero attached hydrogens (tertiary/aromatic N) is 13. The normalized spacial score (nSPS) is 12.7. The van der Waals surface area contributed by atoms with Crippen molar-refractivity contribution < 1.29 is 39.0 Å². The second kappa shape index (κ2) is 38.6. The van der Waals surface area contributed by atoms with E-state index >= 15 is 0 Å². The van der Waals surface area contributed by atoms with Crippen molar-refractivity contribution in [3.8, 4) is 29.4 Å². The van der Waals surface area contributed by atoms with Crippen LogP contribution < -0.4 is 61.6 Å². The van der Waals surface area contributed by atoms with E-state index in [-0.39, 0.29) is 16.9 Å². The number of H-pyrrole nitrogens is 1. The van der Waals surface area contributed by atoms with Crippen LogP contribution in [-0.4, -0.2) is 176 Å². The van der Waals surface area contributed by atoms with E-state index in [1.165, 1.54) is 12.3 Å². The van der Waals surface area contributed by atoms with E-state index in [0.29, 0.717) is 91.5 Å². The van der Waals surface area contributed by atoms with Gasteiger partial charge in [0.05, 0.1) is 50.3 Å². The number of anilines is 11. The second-order valence-electron chi connectivity index (χ2n) is 21.1. The van der Waals surface area contributed by atoms with E-state index in [9.17, 15) is 20.1 Å². The highest BCUT2D eigenvalue weighted by Gasteiger charge is 2.18. The summed E-state index contributed by atoms with van der Waals surface area (Å²) in [5.74, 6) is 4.02. The zero-order valence-electron chi connectivity index (χ0n) is 53.6. The zero-order chi connectivity index (χ0) is 69.0. The largest absolute Gasteiger partial charge is 0.476 e. The number of aromatic amines is 1. The molecule has 506 valence electrons. The van der Waals surface area contributed by atoms with E-state index in [1.54, 1.807) is 96.8 Å². The first kappa shape index (κ1) is 75.3. The molecule has 0 bridgehead atoms. The highest BCUT2D eigenvalue weighted by atomic mass is 79.9. The lowest BCUT2D eigenvalue weighted by molar-refractivity contribution is 0.0569. The van der Waals surface area contributed by atoms with E-state index in [0.717, 1.165) is 41.5 Å². The van der Waals surface area contributed by atoms with Crippen LogP contribution in [-0.2, 0) is 0 Å². The van der Waals surface area contributed by atoms with Crippen molar-refractivity contribution in [3.05, 3.63) is 157 Å². The maximum atomic E-state index is 11.3. The van der Waals surface area contributed by atoms with Gasteiger partial charge in [0.25, 0.3) is 5.56 Å². The van der Waals surface area contributed by atoms with Crippen molar-refractivity contribution in [2.45, 2.75) is 78.2 Å². The molecule has 0 radical (unpaired) electrons. The Bertz CT molecular complexity index is 3840. The summed E-state index contributed by atoms with van der Waals surface area (Å²) >= 11 is 15.6. The molecular formula is C62H76Br3ClN20O9. The molecule has 0 aliphatic heterocycles. The van der Waals surface area contributed by atoms with Gasteiger partial charge < -0.3 is 81.1 Å². The van der Waals surface area contributed by atoms with Crippen molar-refractivity contribution in [2.24, 2.45) is 0 Å². The molecule has 33 heteroatoms. The Balaban J connectivity index is 0.000000210. The molecule has 0 saturated heterocycles. The summed E-state index contributed by atoms with van der Waals surface area (Å²) in [5, 5.41) is 44.4. The van der Waals surface area contributed by atoms with Crippen LogP contribution >= 0.6 is 59.4 Å². The second-order valence-corrected chi connectivity index (χ2v) is 24.0. The minimum absolute atomic E-state index is 0.211. The monoisotopic (exact) mass is 1520 g/mol. The summed E-state index contributed by atoms with van der Waals surface area (Å²) in [4.78, 5) is 63.9. The van der Waals surface area contributed by atoms with E-state index in [4.69, 9.17) is 41.0 Å². The number of aliphatic hydroxyl groups is 3. The number of hydrogen-bond donors (Lipinski definition) is 10. The quantitative estimate of drug-likeness (QED) is 0.0169. The van der Waals surface area contributed by atoms with Crippen molar-refractivity contribution in [1.29, 1.82) is 0 Å². The lowest BCUT2D eigenvalue weighted by atomic mass is 10.3. The van der Waals surface area contributed by atoms with Crippen molar-refractivity contribution in [1.82, 2.24) is 69.6 Å². The molecular weight excluding hydrogens is 1440 g/mol. The number of hydrogen-bond acceptors (Lipinski definition) is 28. The highest BCUT2D eigenvalue weighted by Crippen LogP contribution is 2.30. The average molecular weight is 1520 g/mol. The zero-order valence-corrected chi connectivity index (χ0v) is 59.1. The number of nitrogens with one attached hydrogen (secondary N) is 6. The van der Waals surface area contributed by atoms with Crippen molar-refractivity contribution in [3.63, 3.8) is 0 Å². The van der Waals surface area contributed by atoms with Crippen LogP contribution in [0.5, 0.6) is 29.4 Å². The molecule has 3 aromatic carbocycles. The summed E-state index contributed by atoms with van der Waals surface area (Å²) in [7, 11) is 7.94. The topological polar surface area (TPSA) is 374 Å². The smallest absolute Gasteiger partial charge is 0.252 e. The van der Waals surface area contributed by atoms with Crippen LogP contribution in [0.15, 0.2) is 146 Å². The van der Waals surface area contributed by atoms with Gasteiger partial charge in [-0.15, -0.1) is 0 Å². The summed E-state index contributed by atoms with van der Waals surface area (Å²) in [5.41, 5.74) is 10.0. The number of aliphatic hydroxyl groups excluding tert-OH is 3. The molecule has 0 aliphatic rings. The SMILES string of the molecule is CN(C)CCOc1ccnc(Cl)n1.C[C@@H](O)[C@@H](C)Oc1nc(Nc2ccc(N)cc2)ncc1Br.C[C@@H](O)[C@@H](C)Oc1nc(Nc2ccc(Nc3nccc(=O)[nH]3)cc2)ncc1Br.C[C@@H](O)[C@@H](C)Oc1nc(Nc2ccc(Nc3nccc(OCCN(C)C)n3)cc2)ncc1Br. The Hall–Kier alpha value is -8.73. The van der Waals surface area contributed by atoms with Gasteiger partial charge in [-0.3, -0.25) is 9.78 Å². The Kier molecular flexibility index (Phi) is 30.6. The minimum Gasteiger partial charge on any atom is -0.476 e. The van der Waals surface area contributed by atoms with Crippen LogP contribution in [0.3, 0.4) is 0 Å². The summed E-state index contributed by atoms with van der Waals surface area (Å²) < 4.78 is 29.7. The number of rotatable bonds is 27.